The van der Waals surface area contributed by atoms with Crippen molar-refractivity contribution < 1.29 is 28.6 Å². The maximum Gasteiger partial charge on any atom is 0.344 e. The topological polar surface area (TPSA) is 82.1 Å². The fourth-order valence-corrected chi connectivity index (χ4v) is 2.90. The molecule has 0 aromatic heterocycles. The molecule has 2 amide bonds. The Balaban J connectivity index is 1.98. The summed E-state index contributed by atoms with van der Waals surface area (Å²) in [5.41, 5.74) is 0.751. The molecule has 0 spiro atoms. The van der Waals surface area contributed by atoms with Gasteiger partial charge in [-0.05, 0) is 42.5 Å². The monoisotopic (exact) mass is 365 g/mol. The zero-order chi connectivity index (χ0) is 18.2. The van der Waals surface area contributed by atoms with Crippen molar-refractivity contribution in [3.63, 3.8) is 0 Å². The van der Waals surface area contributed by atoms with Gasteiger partial charge in [-0.15, -0.1) is 0 Å². The van der Waals surface area contributed by atoms with Crippen LogP contribution in [0.2, 0.25) is 0 Å². The number of benzene rings is 1. The van der Waals surface area contributed by atoms with Crippen LogP contribution in [0.25, 0.3) is 6.08 Å². The van der Waals surface area contributed by atoms with Gasteiger partial charge in [0.2, 0.25) is 0 Å². The number of carbonyl (C=O) groups is 3. The summed E-state index contributed by atoms with van der Waals surface area (Å²) in [6.07, 6.45) is 1.65. The highest BCUT2D eigenvalue weighted by molar-refractivity contribution is 8.18. The van der Waals surface area contributed by atoms with Crippen molar-refractivity contribution in [2.45, 2.75) is 6.92 Å². The van der Waals surface area contributed by atoms with E-state index in [1.165, 1.54) is 7.11 Å². The Bertz CT molecular complexity index is 670. The van der Waals surface area contributed by atoms with E-state index < -0.39 is 5.97 Å². The summed E-state index contributed by atoms with van der Waals surface area (Å²) in [4.78, 5) is 36.8. The Morgan fingerprint density at radius 3 is 2.60 bits per heavy atom. The molecule has 0 N–H and O–H groups in total. The molecule has 1 aromatic carbocycles. The van der Waals surface area contributed by atoms with Crippen LogP contribution in [0.5, 0.6) is 5.75 Å². The second-order valence-electron chi connectivity index (χ2n) is 4.99. The van der Waals surface area contributed by atoms with E-state index in [4.69, 9.17) is 14.2 Å². The third kappa shape index (κ3) is 5.33. The molecule has 25 heavy (non-hydrogen) atoms. The molecule has 1 saturated heterocycles. The Morgan fingerprint density at radius 2 is 1.96 bits per heavy atom. The molecule has 2 rings (SSSR count). The number of ether oxygens (including phenoxy) is 3. The minimum absolute atomic E-state index is 0.161. The molecule has 1 fully saturated rings. The summed E-state index contributed by atoms with van der Waals surface area (Å²) < 4.78 is 15.0. The molecule has 1 heterocycles. The van der Waals surface area contributed by atoms with Gasteiger partial charge in [0.25, 0.3) is 11.1 Å². The van der Waals surface area contributed by atoms with Crippen molar-refractivity contribution in [1.29, 1.82) is 0 Å². The molecular weight excluding hydrogens is 346 g/mol. The minimum Gasteiger partial charge on any atom is -0.482 e. The van der Waals surface area contributed by atoms with Gasteiger partial charge in [0.15, 0.2) is 6.61 Å². The number of imide groups is 1. The molecule has 0 unspecified atom stereocenters. The third-order valence-corrected chi connectivity index (χ3v) is 4.14. The molecule has 1 aromatic rings. The summed E-state index contributed by atoms with van der Waals surface area (Å²) in [6, 6.07) is 6.84. The van der Waals surface area contributed by atoms with Crippen LogP contribution in [0.3, 0.4) is 0 Å². The lowest BCUT2D eigenvalue weighted by Crippen LogP contribution is -2.31. The number of methoxy groups -OCH3 is 1. The van der Waals surface area contributed by atoms with Gasteiger partial charge >= 0.3 is 5.97 Å². The Morgan fingerprint density at radius 1 is 1.24 bits per heavy atom. The lowest BCUT2D eigenvalue weighted by Gasteiger charge is -2.10. The molecule has 0 aliphatic carbocycles. The van der Waals surface area contributed by atoms with Crippen molar-refractivity contribution in [1.82, 2.24) is 4.90 Å². The van der Waals surface area contributed by atoms with Crippen molar-refractivity contribution in [3.05, 3.63) is 34.7 Å². The van der Waals surface area contributed by atoms with E-state index in [-0.39, 0.29) is 24.3 Å². The van der Waals surface area contributed by atoms with Gasteiger partial charge < -0.3 is 14.2 Å². The standard InChI is InChI=1S/C17H19NO6S/c1-3-23-15(19)11-24-13-6-4-12(5-7-13)10-14-16(20)18(8-9-22-2)17(21)25-14/h4-7,10H,3,8-9,11H2,1-2H3/b14-10+. The Labute approximate surface area is 149 Å². The smallest absolute Gasteiger partial charge is 0.344 e. The van der Waals surface area contributed by atoms with Crippen molar-refractivity contribution in [3.8, 4) is 5.75 Å². The second-order valence-corrected chi connectivity index (χ2v) is 5.98. The maximum absolute atomic E-state index is 12.2. The zero-order valence-electron chi connectivity index (χ0n) is 14.0. The lowest BCUT2D eigenvalue weighted by molar-refractivity contribution is -0.145. The van der Waals surface area contributed by atoms with E-state index in [0.717, 1.165) is 22.2 Å². The number of thioether (sulfide) groups is 1. The second kappa shape index (κ2) is 9.24. The van der Waals surface area contributed by atoms with Gasteiger partial charge in [0.05, 0.1) is 24.7 Å². The van der Waals surface area contributed by atoms with E-state index in [9.17, 15) is 14.4 Å². The zero-order valence-corrected chi connectivity index (χ0v) is 14.8. The number of hydrogen-bond acceptors (Lipinski definition) is 7. The number of amides is 2. The average molecular weight is 365 g/mol. The first-order valence-electron chi connectivity index (χ1n) is 7.68. The maximum atomic E-state index is 12.2. The highest BCUT2D eigenvalue weighted by Crippen LogP contribution is 2.32. The van der Waals surface area contributed by atoms with Crippen LogP contribution in [0.1, 0.15) is 12.5 Å². The van der Waals surface area contributed by atoms with Crippen molar-refractivity contribution >= 4 is 35.0 Å². The van der Waals surface area contributed by atoms with Crippen LogP contribution in [0.15, 0.2) is 29.2 Å². The predicted molar refractivity (Wildman–Crippen MR) is 93.1 cm³/mol. The van der Waals surface area contributed by atoms with Gasteiger partial charge in [-0.25, -0.2) is 4.79 Å². The van der Waals surface area contributed by atoms with Crippen molar-refractivity contribution in [2.24, 2.45) is 0 Å². The van der Waals surface area contributed by atoms with Gasteiger partial charge in [0.1, 0.15) is 5.75 Å². The normalized spacial score (nSPS) is 15.8. The fourth-order valence-electron chi connectivity index (χ4n) is 2.03. The molecular formula is C17H19NO6S. The molecule has 1 aliphatic heterocycles. The van der Waals surface area contributed by atoms with Gasteiger partial charge in [-0.3, -0.25) is 14.5 Å². The molecule has 0 atom stereocenters. The van der Waals surface area contributed by atoms with E-state index in [1.54, 1.807) is 37.3 Å². The highest BCUT2D eigenvalue weighted by Gasteiger charge is 2.34. The lowest BCUT2D eigenvalue weighted by atomic mass is 10.2. The van der Waals surface area contributed by atoms with Crippen LogP contribution in [-0.2, 0) is 19.1 Å². The third-order valence-electron chi connectivity index (χ3n) is 3.23. The van der Waals surface area contributed by atoms with Gasteiger partial charge in [-0.1, -0.05) is 12.1 Å². The summed E-state index contributed by atoms with van der Waals surface area (Å²) in [5, 5.41) is -0.303. The Kier molecular flexibility index (Phi) is 7.03. The Hall–Kier alpha value is -2.32. The van der Waals surface area contributed by atoms with Gasteiger partial charge in [-0.2, -0.15) is 0 Å². The highest BCUT2D eigenvalue weighted by atomic mass is 32.2. The van der Waals surface area contributed by atoms with E-state index >= 15 is 0 Å². The molecule has 7 nitrogen and oxygen atoms in total. The number of nitrogens with zero attached hydrogens (tertiary/aromatic N) is 1. The van der Waals surface area contributed by atoms with Crippen LogP contribution in [0, 0.1) is 0 Å². The summed E-state index contributed by atoms with van der Waals surface area (Å²) >= 11 is 0.901. The largest absolute Gasteiger partial charge is 0.482 e. The number of carbonyl (C=O) groups excluding carboxylic acids is 3. The molecule has 0 saturated carbocycles. The number of esters is 1. The molecule has 0 radical (unpaired) electrons. The first kappa shape index (κ1) is 19.0. The first-order chi connectivity index (χ1) is 12.0. The molecule has 8 heteroatoms. The minimum atomic E-state index is -0.434. The summed E-state index contributed by atoms with van der Waals surface area (Å²) in [6.45, 7) is 2.41. The fraction of sp³-hybridized carbons (Fsp3) is 0.353. The van der Waals surface area contributed by atoms with Crippen LogP contribution >= 0.6 is 11.8 Å². The van der Waals surface area contributed by atoms with Crippen LogP contribution < -0.4 is 4.74 Å². The van der Waals surface area contributed by atoms with Crippen LogP contribution in [-0.4, -0.2) is 55.5 Å². The van der Waals surface area contributed by atoms with E-state index in [2.05, 4.69) is 0 Å². The SMILES string of the molecule is CCOC(=O)COc1ccc(/C=C2/SC(=O)N(CCOC)C2=O)cc1. The summed E-state index contributed by atoms with van der Waals surface area (Å²) in [7, 11) is 1.51. The number of hydrogen-bond donors (Lipinski definition) is 0. The quantitative estimate of drug-likeness (QED) is 0.516. The van der Waals surface area contributed by atoms with Crippen LogP contribution in [0.4, 0.5) is 4.79 Å². The summed E-state index contributed by atoms with van der Waals surface area (Å²) in [5.74, 6) is -0.246. The number of rotatable bonds is 8. The molecule has 1 aliphatic rings. The van der Waals surface area contributed by atoms with Crippen molar-refractivity contribution in [2.75, 3.05) is 33.5 Å². The predicted octanol–water partition coefficient (Wildman–Crippen LogP) is 2.31. The van der Waals surface area contributed by atoms with E-state index in [0.29, 0.717) is 23.9 Å². The van der Waals surface area contributed by atoms with Gasteiger partial charge in [0, 0.05) is 7.11 Å². The molecule has 0 bridgehead atoms. The van der Waals surface area contributed by atoms with E-state index in [1.807, 2.05) is 0 Å². The molecule has 134 valence electrons. The average Bonchev–Trinajstić information content (AvgIpc) is 2.86. The first-order valence-corrected chi connectivity index (χ1v) is 8.49.